The molecular formula is C19H24ClN3O4. The minimum Gasteiger partial charge on any atom is -0.493 e. The molecule has 0 unspecified atom stereocenters. The van der Waals surface area contributed by atoms with Crippen molar-refractivity contribution in [2.24, 2.45) is 5.92 Å². The number of ether oxygens (including phenoxy) is 3. The fourth-order valence-corrected chi connectivity index (χ4v) is 3.63. The van der Waals surface area contributed by atoms with Crippen molar-refractivity contribution < 1.29 is 19.0 Å². The van der Waals surface area contributed by atoms with Gasteiger partial charge in [0.2, 0.25) is 5.28 Å². The molecule has 146 valence electrons. The molecule has 0 radical (unpaired) electrons. The lowest BCUT2D eigenvalue weighted by atomic mass is 9.93. The van der Waals surface area contributed by atoms with E-state index in [9.17, 15) is 4.79 Å². The Morgan fingerprint density at radius 2 is 1.85 bits per heavy atom. The van der Waals surface area contributed by atoms with Crippen LogP contribution in [-0.4, -0.2) is 49.9 Å². The summed E-state index contributed by atoms with van der Waals surface area (Å²) in [5.41, 5.74) is 0.705. The highest BCUT2D eigenvalue weighted by atomic mass is 35.5. The fraction of sp³-hybridized carbons (Fsp3) is 0.526. The van der Waals surface area contributed by atoms with Gasteiger partial charge >= 0.3 is 5.97 Å². The number of rotatable bonds is 6. The first-order valence-electron chi connectivity index (χ1n) is 9.05. The van der Waals surface area contributed by atoms with Crippen LogP contribution in [0.25, 0.3) is 10.9 Å². The van der Waals surface area contributed by atoms with E-state index in [1.54, 1.807) is 20.3 Å². The molecule has 1 aliphatic heterocycles. The third kappa shape index (κ3) is 4.35. The van der Waals surface area contributed by atoms with Gasteiger partial charge < -0.3 is 19.1 Å². The SMILES string of the molecule is CCOC(=O)CC1CCN(c2nc(Cl)nc3cc(OC)c(OC)cc23)CC1. The first-order chi connectivity index (χ1) is 13.0. The maximum Gasteiger partial charge on any atom is 0.306 e. The molecule has 1 fully saturated rings. The van der Waals surface area contributed by atoms with Gasteiger partial charge in [-0.2, -0.15) is 4.98 Å². The van der Waals surface area contributed by atoms with Crippen LogP contribution in [0, 0.1) is 5.92 Å². The van der Waals surface area contributed by atoms with E-state index in [0.29, 0.717) is 36.0 Å². The second-order valence-corrected chi connectivity index (χ2v) is 6.82. The molecule has 27 heavy (non-hydrogen) atoms. The number of fused-ring (bicyclic) bond motifs is 1. The molecular weight excluding hydrogens is 370 g/mol. The molecule has 0 aliphatic carbocycles. The van der Waals surface area contributed by atoms with Crippen molar-refractivity contribution in [1.29, 1.82) is 0 Å². The Hall–Kier alpha value is -2.28. The van der Waals surface area contributed by atoms with Gasteiger partial charge in [-0.15, -0.1) is 0 Å². The van der Waals surface area contributed by atoms with Gasteiger partial charge in [-0.05, 0) is 43.4 Å². The number of nitrogens with zero attached hydrogens (tertiary/aromatic N) is 3. The van der Waals surface area contributed by atoms with Crippen molar-refractivity contribution in [2.75, 3.05) is 38.8 Å². The highest BCUT2D eigenvalue weighted by Gasteiger charge is 2.25. The monoisotopic (exact) mass is 393 g/mol. The number of aromatic nitrogens is 2. The summed E-state index contributed by atoms with van der Waals surface area (Å²) >= 11 is 6.16. The number of halogens is 1. The van der Waals surface area contributed by atoms with Crippen molar-refractivity contribution in [1.82, 2.24) is 9.97 Å². The summed E-state index contributed by atoms with van der Waals surface area (Å²) in [6.07, 6.45) is 2.27. The van der Waals surface area contributed by atoms with Crippen molar-refractivity contribution in [3.8, 4) is 11.5 Å². The van der Waals surface area contributed by atoms with Crippen LogP contribution >= 0.6 is 11.6 Å². The van der Waals surface area contributed by atoms with E-state index in [2.05, 4.69) is 14.9 Å². The highest BCUT2D eigenvalue weighted by molar-refractivity contribution is 6.28. The first-order valence-corrected chi connectivity index (χ1v) is 9.43. The van der Waals surface area contributed by atoms with Gasteiger partial charge in [0.15, 0.2) is 11.5 Å². The summed E-state index contributed by atoms with van der Waals surface area (Å²) < 4.78 is 15.8. The maximum absolute atomic E-state index is 11.7. The highest BCUT2D eigenvalue weighted by Crippen LogP contribution is 2.37. The lowest BCUT2D eigenvalue weighted by molar-refractivity contribution is -0.144. The topological polar surface area (TPSA) is 73.8 Å². The molecule has 8 heteroatoms. The van der Waals surface area contributed by atoms with Crippen LogP contribution in [0.4, 0.5) is 5.82 Å². The van der Waals surface area contributed by atoms with Crippen LogP contribution in [0.2, 0.25) is 5.28 Å². The quantitative estimate of drug-likeness (QED) is 0.549. The Morgan fingerprint density at radius 3 is 2.48 bits per heavy atom. The molecule has 7 nitrogen and oxygen atoms in total. The van der Waals surface area contributed by atoms with Crippen LogP contribution in [0.1, 0.15) is 26.2 Å². The number of hydrogen-bond acceptors (Lipinski definition) is 7. The summed E-state index contributed by atoms with van der Waals surface area (Å²) in [5, 5.41) is 1.05. The fourth-order valence-electron chi connectivity index (χ4n) is 3.46. The summed E-state index contributed by atoms with van der Waals surface area (Å²) in [5.74, 6) is 2.20. The number of piperidine rings is 1. The van der Waals surface area contributed by atoms with Gasteiger partial charge in [0.1, 0.15) is 5.82 Å². The van der Waals surface area contributed by atoms with E-state index in [4.69, 9.17) is 25.8 Å². The van der Waals surface area contributed by atoms with Gasteiger partial charge in [-0.3, -0.25) is 4.79 Å². The number of benzene rings is 1. The molecule has 1 saturated heterocycles. The average Bonchev–Trinajstić information content (AvgIpc) is 2.67. The Morgan fingerprint density at radius 1 is 1.19 bits per heavy atom. The number of anilines is 1. The third-order valence-corrected chi connectivity index (χ3v) is 5.00. The van der Waals surface area contributed by atoms with Gasteiger partial charge in [-0.25, -0.2) is 4.98 Å². The van der Waals surface area contributed by atoms with Crippen LogP contribution in [-0.2, 0) is 9.53 Å². The molecule has 1 aromatic heterocycles. The van der Waals surface area contributed by atoms with Gasteiger partial charge in [-0.1, -0.05) is 0 Å². The molecule has 0 N–H and O–H groups in total. The number of methoxy groups -OCH3 is 2. The zero-order valence-electron chi connectivity index (χ0n) is 15.8. The predicted molar refractivity (Wildman–Crippen MR) is 104 cm³/mol. The van der Waals surface area contributed by atoms with Crippen molar-refractivity contribution >= 4 is 34.3 Å². The number of carbonyl (C=O) groups is 1. The smallest absolute Gasteiger partial charge is 0.306 e. The van der Waals surface area contributed by atoms with Gasteiger partial charge in [0.25, 0.3) is 0 Å². The summed E-state index contributed by atoms with van der Waals surface area (Å²) in [7, 11) is 3.18. The second kappa shape index (κ2) is 8.61. The van der Waals surface area contributed by atoms with E-state index in [1.807, 2.05) is 13.0 Å². The molecule has 0 atom stereocenters. The molecule has 3 rings (SSSR count). The maximum atomic E-state index is 11.7. The standard InChI is InChI=1S/C19H24ClN3O4/c1-4-27-17(24)9-12-5-7-23(8-6-12)18-13-10-15(25-2)16(26-3)11-14(13)21-19(20)22-18/h10-12H,4-9H2,1-3H3. The van der Waals surface area contributed by atoms with Crippen molar-refractivity contribution in [2.45, 2.75) is 26.2 Å². The minimum atomic E-state index is -0.122. The summed E-state index contributed by atoms with van der Waals surface area (Å²) in [4.78, 5) is 22.7. The number of esters is 1. The molecule has 1 aliphatic rings. The van der Waals surface area contributed by atoms with Crippen LogP contribution in [0.15, 0.2) is 12.1 Å². The predicted octanol–water partition coefficient (Wildman–Crippen LogP) is 3.47. The Labute approximate surface area is 163 Å². The third-order valence-electron chi connectivity index (χ3n) is 4.83. The minimum absolute atomic E-state index is 0.122. The Balaban J connectivity index is 1.83. The van der Waals surface area contributed by atoms with E-state index in [1.165, 1.54) is 0 Å². The van der Waals surface area contributed by atoms with Crippen molar-refractivity contribution in [3.05, 3.63) is 17.4 Å². The number of carbonyl (C=O) groups excluding carboxylic acids is 1. The van der Waals surface area contributed by atoms with Gasteiger partial charge in [0, 0.05) is 31.0 Å². The summed E-state index contributed by atoms with van der Waals surface area (Å²) in [6, 6.07) is 3.68. The lowest BCUT2D eigenvalue weighted by Crippen LogP contribution is -2.35. The molecule has 2 heterocycles. The van der Waals surface area contributed by atoms with Crippen LogP contribution in [0.3, 0.4) is 0 Å². The van der Waals surface area contributed by atoms with Crippen molar-refractivity contribution in [3.63, 3.8) is 0 Å². The largest absolute Gasteiger partial charge is 0.493 e. The van der Waals surface area contributed by atoms with Crippen LogP contribution < -0.4 is 14.4 Å². The van der Waals surface area contributed by atoms with E-state index >= 15 is 0 Å². The molecule has 0 spiro atoms. The Kier molecular flexibility index (Phi) is 6.21. The van der Waals surface area contributed by atoms with E-state index in [-0.39, 0.29) is 11.3 Å². The number of hydrogen-bond donors (Lipinski definition) is 0. The molecule has 0 bridgehead atoms. The first kappa shape index (κ1) is 19.5. The lowest BCUT2D eigenvalue weighted by Gasteiger charge is -2.33. The van der Waals surface area contributed by atoms with E-state index < -0.39 is 0 Å². The average molecular weight is 394 g/mol. The Bertz CT molecular complexity index is 822. The van der Waals surface area contributed by atoms with Gasteiger partial charge in [0.05, 0.1) is 26.3 Å². The van der Waals surface area contributed by atoms with Crippen LogP contribution in [0.5, 0.6) is 11.5 Å². The molecule has 0 saturated carbocycles. The zero-order valence-corrected chi connectivity index (χ0v) is 16.6. The normalized spacial score (nSPS) is 15.0. The molecule has 2 aromatic rings. The molecule has 0 amide bonds. The molecule has 1 aromatic carbocycles. The zero-order chi connectivity index (χ0) is 19.4. The second-order valence-electron chi connectivity index (χ2n) is 6.48. The van der Waals surface area contributed by atoms with E-state index in [0.717, 1.165) is 37.1 Å². The summed E-state index contributed by atoms with van der Waals surface area (Å²) in [6.45, 7) is 3.84.